The van der Waals surface area contributed by atoms with Crippen LogP contribution in [0, 0.1) is 0 Å². The second kappa shape index (κ2) is 20.9. The molecule has 0 radical (unpaired) electrons. The maximum Gasteiger partial charge on any atom is 0.303 e. The zero-order valence-electron chi connectivity index (χ0n) is 25.7. The molecule has 2 aliphatic rings. The lowest BCUT2D eigenvalue weighted by Gasteiger charge is -2.53. The van der Waals surface area contributed by atoms with Crippen molar-refractivity contribution in [2.75, 3.05) is 19.8 Å². The van der Waals surface area contributed by atoms with Crippen molar-refractivity contribution in [2.45, 2.75) is 164 Å². The lowest BCUT2D eigenvalue weighted by Crippen LogP contribution is -2.77. The summed E-state index contributed by atoms with van der Waals surface area (Å²) < 4.78 is 10.2. The second-order valence-electron chi connectivity index (χ2n) is 11.9. The van der Waals surface area contributed by atoms with Gasteiger partial charge in [0.05, 0.1) is 19.8 Å². The van der Waals surface area contributed by atoms with Crippen LogP contribution >= 0.6 is 0 Å². The molecular weight excluding hydrogens is 568 g/mol. The topological polar surface area (TPSA) is 238 Å². The summed E-state index contributed by atoms with van der Waals surface area (Å²) in [6.45, 7) is -0.542. The molecule has 2 aliphatic heterocycles. The van der Waals surface area contributed by atoms with Crippen molar-refractivity contribution in [3.8, 4) is 0 Å². The molecule has 0 aliphatic carbocycles. The molecule has 0 aromatic heterocycles. The molecule has 2 heterocycles. The minimum absolute atomic E-state index is 0.345. The van der Waals surface area contributed by atoms with Gasteiger partial charge < -0.3 is 60.5 Å². The predicted octanol–water partition coefficient (Wildman–Crippen LogP) is 0.325. The first kappa shape index (κ1) is 40.1. The second-order valence-corrected chi connectivity index (χ2v) is 11.9. The number of ether oxygens (including phenoxy) is 2. The van der Waals surface area contributed by atoms with Crippen molar-refractivity contribution in [3.05, 3.63) is 0 Å². The summed E-state index contributed by atoms with van der Waals surface area (Å²) in [4.78, 5) is 10.3. The smallest absolute Gasteiger partial charge is 0.303 e. The molecule has 2 saturated heterocycles. The Labute approximate surface area is 255 Å². The third kappa shape index (κ3) is 11.4. The molecule has 0 spiro atoms. The average molecular weight is 627 g/mol. The fourth-order valence-electron chi connectivity index (χ4n) is 5.73. The Hall–Kier alpha value is -0.970. The van der Waals surface area contributed by atoms with Gasteiger partial charge in [0, 0.05) is 6.42 Å². The van der Waals surface area contributed by atoms with Gasteiger partial charge in [-0.3, -0.25) is 4.79 Å². The summed E-state index contributed by atoms with van der Waals surface area (Å²) in [5.41, 5.74) is -2.53. The zero-order chi connectivity index (χ0) is 32.5. The summed E-state index contributed by atoms with van der Waals surface area (Å²) in [5, 5.41) is 96.8. The van der Waals surface area contributed by atoms with E-state index in [1.54, 1.807) is 0 Å². The lowest BCUT2D eigenvalue weighted by atomic mass is 9.78. The molecule has 43 heavy (non-hydrogen) atoms. The monoisotopic (exact) mass is 626 g/mol. The van der Waals surface area contributed by atoms with Crippen molar-refractivity contribution < 1.29 is 65.3 Å². The van der Waals surface area contributed by atoms with Gasteiger partial charge in [-0.05, 0) is 6.42 Å². The van der Waals surface area contributed by atoms with Crippen LogP contribution in [0.2, 0.25) is 0 Å². The van der Waals surface area contributed by atoms with Crippen LogP contribution in [0.15, 0.2) is 0 Å². The van der Waals surface area contributed by atoms with E-state index in [0.717, 1.165) is 12.8 Å². The van der Waals surface area contributed by atoms with Crippen LogP contribution in [0.4, 0.5) is 0 Å². The van der Waals surface area contributed by atoms with Gasteiger partial charge in [0.1, 0.15) is 42.7 Å². The maximum absolute atomic E-state index is 10.7. The Balaban J connectivity index is 0.000000436. The number of hydrogen-bond donors (Lipinski definition) is 10. The minimum atomic E-state index is -2.99. The van der Waals surface area contributed by atoms with E-state index in [0.29, 0.717) is 6.42 Å². The first-order valence-electron chi connectivity index (χ1n) is 16.0. The van der Waals surface area contributed by atoms with Gasteiger partial charge >= 0.3 is 5.97 Å². The lowest BCUT2D eigenvalue weighted by molar-refractivity contribution is -0.415. The van der Waals surface area contributed by atoms with E-state index in [-0.39, 0.29) is 0 Å². The molecule has 2 rings (SSSR count). The Morgan fingerprint density at radius 2 is 1.02 bits per heavy atom. The molecule has 2 fully saturated rings. The molecule has 0 saturated carbocycles. The number of unbranched alkanes of at least 4 members (excludes halogenated alkanes) is 14. The number of aliphatic hydroxyl groups excluding tert-OH is 8. The highest BCUT2D eigenvalue weighted by molar-refractivity contribution is 5.66. The highest BCUT2D eigenvalue weighted by atomic mass is 16.7. The first-order chi connectivity index (χ1) is 20.5. The van der Waals surface area contributed by atoms with Gasteiger partial charge in [-0.2, -0.15) is 0 Å². The highest BCUT2D eigenvalue weighted by Crippen LogP contribution is 2.45. The van der Waals surface area contributed by atoms with Crippen LogP contribution in [0.1, 0.15) is 110 Å². The van der Waals surface area contributed by atoms with E-state index in [2.05, 4.69) is 6.92 Å². The van der Waals surface area contributed by atoms with Crippen molar-refractivity contribution >= 4 is 5.97 Å². The molecule has 256 valence electrons. The number of carboxylic acid groups (broad SMARTS) is 1. The van der Waals surface area contributed by atoms with Crippen LogP contribution in [-0.4, -0.2) is 131 Å². The van der Waals surface area contributed by atoms with Gasteiger partial charge in [-0.1, -0.05) is 96.8 Å². The molecule has 10 N–H and O–H groups in total. The minimum Gasteiger partial charge on any atom is -0.481 e. The van der Waals surface area contributed by atoms with Crippen LogP contribution in [0.3, 0.4) is 0 Å². The highest BCUT2D eigenvalue weighted by Gasteiger charge is 2.71. The molecule has 0 aromatic carbocycles. The molecule has 13 heteroatoms. The van der Waals surface area contributed by atoms with Crippen LogP contribution < -0.4 is 0 Å². The van der Waals surface area contributed by atoms with Gasteiger partial charge in [0.2, 0.25) is 5.79 Å². The molecule has 0 unspecified atom stereocenters. The first-order valence-corrected chi connectivity index (χ1v) is 16.0. The number of carboxylic acids is 1. The SMILES string of the molecule is CCCCCCCCCCCCCCCCCC(=O)O.OC[C@H]1O[C@](CO)([C@@]2(O)O[C@H](CO)[C@@H](O)[C@H](O)[C@H]2O)[C@@H](O)[C@@H]1O. The molecule has 9 atom stereocenters. The fourth-order valence-corrected chi connectivity index (χ4v) is 5.73. The Morgan fingerprint density at radius 1 is 0.605 bits per heavy atom. The Bertz CT molecular complexity index is 741. The number of aliphatic carboxylic acids is 1. The third-order valence-electron chi connectivity index (χ3n) is 8.53. The van der Waals surface area contributed by atoms with E-state index < -0.39 is 79.9 Å². The van der Waals surface area contributed by atoms with Crippen molar-refractivity contribution in [2.24, 2.45) is 0 Å². The van der Waals surface area contributed by atoms with Gasteiger partial charge in [0.15, 0.2) is 5.60 Å². The summed E-state index contributed by atoms with van der Waals surface area (Å²) >= 11 is 0. The van der Waals surface area contributed by atoms with Crippen molar-refractivity contribution in [1.29, 1.82) is 0 Å². The van der Waals surface area contributed by atoms with Crippen LogP contribution in [0.5, 0.6) is 0 Å². The van der Waals surface area contributed by atoms with Crippen LogP contribution in [0.25, 0.3) is 0 Å². The normalized spacial score (nSPS) is 34.1. The maximum atomic E-state index is 10.7. The number of aliphatic hydroxyl groups is 9. The zero-order valence-corrected chi connectivity index (χ0v) is 25.7. The summed E-state index contributed by atoms with van der Waals surface area (Å²) in [6, 6.07) is 0. The fraction of sp³-hybridized carbons (Fsp3) is 0.967. The number of rotatable bonds is 20. The average Bonchev–Trinajstić information content (AvgIpc) is 3.26. The van der Waals surface area contributed by atoms with Gasteiger partial charge in [-0.25, -0.2) is 0 Å². The van der Waals surface area contributed by atoms with E-state index in [1.165, 1.54) is 83.5 Å². The molecule has 0 amide bonds. The van der Waals surface area contributed by atoms with Gasteiger partial charge in [0.25, 0.3) is 0 Å². The number of carbonyl (C=O) groups is 1. The van der Waals surface area contributed by atoms with E-state index in [4.69, 9.17) is 24.8 Å². The van der Waals surface area contributed by atoms with E-state index >= 15 is 0 Å². The Kier molecular flexibility index (Phi) is 19.5. The summed E-state index contributed by atoms with van der Waals surface area (Å²) in [5.74, 6) is -3.64. The number of hydrogen-bond acceptors (Lipinski definition) is 12. The third-order valence-corrected chi connectivity index (χ3v) is 8.53. The quantitative estimate of drug-likeness (QED) is 0.0821. The van der Waals surface area contributed by atoms with Crippen LogP contribution in [-0.2, 0) is 14.3 Å². The van der Waals surface area contributed by atoms with E-state index in [1.807, 2.05) is 0 Å². The predicted molar refractivity (Wildman–Crippen MR) is 156 cm³/mol. The summed E-state index contributed by atoms with van der Waals surface area (Å²) in [6.07, 6.45) is 7.46. The largest absolute Gasteiger partial charge is 0.481 e. The summed E-state index contributed by atoms with van der Waals surface area (Å²) in [7, 11) is 0. The van der Waals surface area contributed by atoms with Crippen molar-refractivity contribution in [3.63, 3.8) is 0 Å². The molecule has 0 aromatic rings. The van der Waals surface area contributed by atoms with Gasteiger partial charge in [-0.15, -0.1) is 0 Å². The Morgan fingerprint density at radius 3 is 1.40 bits per heavy atom. The van der Waals surface area contributed by atoms with Crippen molar-refractivity contribution in [1.82, 2.24) is 0 Å². The molecular formula is C30H58O13. The molecule has 13 nitrogen and oxygen atoms in total. The van der Waals surface area contributed by atoms with E-state index in [9.17, 15) is 40.5 Å². The standard InChI is InChI=1S/C18H36O2.C12H22O11/c1-2-3-4-5-6-7-8-9-10-11-12-13-14-15-16-17-18(19)20;13-1-4-6(16)8(18)10(20)12(21,23-4)11(3-15)9(19)7(17)5(2-14)22-11/h2-17H2,1H3,(H,19,20);4-10,13-21H,1-3H2/t;4-,5-,6-,7-,8+,9+,10-,11+,12+/m.1/s1. The molecule has 0 bridgehead atoms.